The summed E-state index contributed by atoms with van der Waals surface area (Å²) in [6.07, 6.45) is 3.36. The lowest BCUT2D eigenvalue weighted by atomic mass is 10.2. The summed E-state index contributed by atoms with van der Waals surface area (Å²) in [6, 6.07) is 1.96. The Morgan fingerprint density at radius 1 is 1.43 bits per heavy atom. The molecule has 2 aromatic heterocycles. The third-order valence-corrected chi connectivity index (χ3v) is 4.65. The minimum Gasteiger partial charge on any atom is -0.333 e. The Labute approximate surface area is 127 Å². The van der Waals surface area contributed by atoms with Crippen molar-refractivity contribution in [3.8, 4) is 10.8 Å². The molecule has 7 heteroatoms. The first kappa shape index (κ1) is 14.1. The molecule has 1 fully saturated rings. The highest BCUT2D eigenvalue weighted by molar-refractivity contribution is 7.17. The molecule has 0 saturated carbocycles. The summed E-state index contributed by atoms with van der Waals surface area (Å²) in [5.41, 5.74) is 0.748. The Balaban J connectivity index is 1.89. The molecule has 0 aliphatic carbocycles. The number of piperazine rings is 1. The van der Waals surface area contributed by atoms with Crippen LogP contribution in [0.2, 0.25) is 0 Å². The highest BCUT2D eigenvalue weighted by Gasteiger charge is 2.27. The van der Waals surface area contributed by atoms with Crippen LogP contribution in [0.3, 0.4) is 0 Å². The first-order chi connectivity index (χ1) is 10.2. The number of aryl methyl sites for hydroxylation is 1. The van der Waals surface area contributed by atoms with Gasteiger partial charge in [0.1, 0.15) is 4.88 Å². The number of thiazole rings is 1. The highest BCUT2D eigenvalue weighted by Crippen LogP contribution is 2.27. The molecule has 1 aliphatic rings. The van der Waals surface area contributed by atoms with E-state index < -0.39 is 0 Å². The van der Waals surface area contributed by atoms with E-state index >= 15 is 0 Å². The number of amides is 1. The molecule has 1 atom stereocenters. The molecule has 0 radical (unpaired) electrons. The van der Waals surface area contributed by atoms with E-state index in [0.717, 1.165) is 25.3 Å². The zero-order chi connectivity index (χ0) is 14.8. The lowest BCUT2D eigenvalue weighted by molar-refractivity contribution is 0.0660. The zero-order valence-corrected chi connectivity index (χ0v) is 12.9. The zero-order valence-electron chi connectivity index (χ0n) is 12.0. The third-order valence-electron chi connectivity index (χ3n) is 3.51. The minimum atomic E-state index is 0.0566. The SMILES string of the molecule is Cc1nc(-c2ncccn2)sc1C(=O)N1CCNC[C@H]1C. The number of hydrogen-bond acceptors (Lipinski definition) is 6. The summed E-state index contributed by atoms with van der Waals surface area (Å²) in [6.45, 7) is 6.32. The van der Waals surface area contributed by atoms with Crippen LogP contribution in [0.4, 0.5) is 0 Å². The average Bonchev–Trinajstić information content (AvgIpc) is 2.90. The number of nitrogens with one attached hydrogen (secondary N) is 1. The first-order valence-corrected chi connectivity index (χ1v) is 7.75. The highest BCUT2D eigenvalue weighted by atomic mass is 32.1. The Hall–Kier alpha value is -1.86. The van der Waals surface area contributed by atoms with Gasteiger partial charge in [0.25, 0.3) is 5.91 Å². The maximum atomic E-state index is 12.7. The molecule has 3 rings (SSSR count). The van der Waals surface area contributed by atoms with Gasteiger partial charge < -0.3 is 10.2 Å². The largest absolute Gasteiger partial charge is 0.333 e. The van der Waals surface area contributed by atoms with Crippen LogP contribution in [-0.4, -0.2) is 51.4 Å². The van der Waals surface area contributed by atoms with Crippen molar-refractivity contribution in [1.82, 2.24) is 25.2 Å². The van der Waals surface area contributed by atoms with Crippen molar-refractivity contribution in [3.63, 3.8) is 0 Å². The van der Waals surface area contributed by atoms with Gasteiger partial charge in [0.05, 0.1) is 5.69 Å². The Kier molecular flexibility index (Phi) is 3.94. The van der Waals surface area contributed by atoms with Gasteiger partial charge in [-0.05, 0) is 19.9 Å². The molecular formula is C14H17N5OS. The van der Waals surface area contributed by atoms with Crippen molar-refractivity contribution in [1.29, 1.82) is 0 Å². The second-order valence-electron chi connectivity index (χ2n) is 5.06. The van der Waals surface area contributed by atoms with Crippen LogP contribution in [0.5, 0.6) is 0 Å². The maximum absolute atomic E-state index is 12.7. The van der Waals surface area contributed by atoms with Gasteiger partial charge in [0.2, 0.25) is 0 Å². The van der Waals surface area contributed by atoms with Gasteiger partial charge in [0, 0.05) is 38.1 Å². The smallest absolute Gasteiger partial charge is 0.266 e. The van der Waals surface area contributed by atoms with Crippen LogP contribution in [0.25, 0.3) is 10.8 Å². The van der Waals surface area contributed by atoms with Crippen molar-refractivity contribution in [2.75, 3.05) is 19.6 Å². The number of aromatic nitrogens is 3. The molecule has 2 aromatic rings. The predicted octanol–water partition coefficient (Wildman–Crippen LogP) is 1.34. The molecule has 1 saturated heterocycles. The monoisotopic (exact) mass is 303 g/mol. The summed E-state index contributed by atoms with van der Waals surface area (Å²) in [4.78, 5) is 28.1. The van der Waals surface area contributed by atoms with Crippen LogP contribution >= 0.6 is 11.3 Å². The average molecular weight is 303 g/mol. The van der Waals surface area contributed by atoms with Gasteiger partial charge in [-0.2, -0.15) is 0 Å². The van der Waals surface area contributed by atoms with Crippen molar-refractivity contribution in [3.05, 3.63) is 29.0 Å². The summed E-state index contributed by atoms with van der Waals surface area (Å²) in [7, 11) is 0. The normalized spacial score (nSPS) is 18.8. The predicted molar refractivity (Wildman–Crippen MR) is 81.2 cm³/mol. The van der Waals surface area contributed by atoms with Gasteiger partial charge in [-0.15, -0.1) is 11.3 Å². The lowest BCUT2D eigenvalue weighted by Gasteiger charge is -2.33. The lowest BCUT2D eigenvalue weighted by Crippen LogP contribution is -2.52. The van der Waals surface area contributed by atoms with Crippen LogP contribution in [0, 0.1) is 6.92 Å². The number of rotatable bonds is 2. The van der Waals surface area contributed by atoms with E-state index in [1.54, 1.807) is 18.5 Å². The molecular weight excluding hydrogens is 286 g/mol. The fraction of sp³-hybridized carbons (Fsp3) is 0.429. The minimum absolute atomic E-state index is 0.0566. The van der Waals surface area contributed by atoms with E-state index in [1.807, 2.05) is 11.8 Å². The number of nitrogens with zero attached hydrogens (tertiary/aromatic N) is 4. The molecule has 0 bridgehead atoms. The standard InChI is InChI=1S/C14H17N5OS/c1-9-8-15-6-7-19(9)14(20)11-10(2)18-13(21-11)12-16-4-3-5-17-12/h3-5,9,15H,6-8H2,1-2H3/t9-/m1/s1. The molecule has 0 spiro atoms. The second-order valence-corrected chi connectivity index (χ2v) is 6.06. The molecule has 0 unspecified atom stereocenters. The van der Waals surface area contributed by atoms with Gasteiger partial charge in [-0.1, -0.05) is 0 Å². The number of carbonyl (C=O) groups excluding carboxylic acids is 1. The molecule has 6 nitrogen and oxygen atoms in total. The van der Waals surface area contributed by atoms with Crippen LogP contribution in [-0.2, 0) is 0 Å². The molecule has 1 N–H and O–H groups in total. The topological polar surface area (TPSA) is 71.0 Å². The van der Waals surface area contributed by atoms with Gasteiger partial charge >= 0.3 is 0 Å². The quantitative estimate of drug-likeness (QED) is 0.906. The van der Waals surface area contributed by atoms with Crippen molar-refractivity contribution < 1.29 is 4.79 Å². The fourth-order valence-electron chi connectivity index (χ4n) is 2.37. The molecule has 1 amide bonds. The molecule has 0 aromatic carbocycles. The first-order valence-electron chi connectivity index (χ1n) is 6.93. The van der Waals surface area contributed by atoms with E-state index in [2.05, 4.69) is 27.2 Å². The summed E-state index contributed by atoms with van der Waals surface area (Å²) < 4.78 is 0. The van der Waals surface area contributed by atoms with E-state index in [-0.39, 0.29) is 11.9 Å². The van der Waals surface area contributed by atoms with Gasteiger partial charge in [-0.25, -0.2) is 15.0 Å². The molecule has 1 aliphatic heterocycles. The summed E-state index contributed by atoms with van der Waals surface area (Å²) in [5, 5.41) is 3.98. The van der Waals surface area contributed by atoms with E-state index in [4.69, 9.17) is 0 Å². The van der Waals surface area contributed by atoms with Crippen LogP contribution < -0.4 is 5.32 Å². The van der Waals surface area contributed by atoms with Crippen molar-refractivity contribution in [2.24, 2.45) is 0 Å². The van der Waals surface area contributed by atoms with E-state index in [1.165, 1.54) is 11.3 Å². The van der Waals surface area contributed by atoms with Gasteiger partial charge in [-0.3, -0.25) is 4.79 Å². The van der Waals surface area contributed by atoms with E-state index in [9.17, 15) is 4.79 Å². The second kappa shape index (κ2) is 5.87. The fourth-order valence-corrected chi connectivity index (χ4v) is 3.34. The number of hydrogen-bond donors (Lipinski definition) is 1. The van der Waals surface area contributed by atoms with Gasteiger partial charge in [0.15, 0.2) is 10.8 Å². The Morgan fingerprint density at radius 3 is 2.90 bits per heavy atom. The van der Waals surface area contributed by atoms with Crippen molar-refractivity contribution in [2.45, 2.75) is 19.9 Å². The summed E-state index contributed by atoms with van der Waals surface area (Å²) >= 11 is 1.37. The summed E-state index contributed by atoms with van der Waals surface area (Å²) in [5.74, 6) is 0.624. The third kappa shape index (κ3) is 2.79. The Morgan fingerprint density at radius 2 is 2.19 bits per heavy atom. The molecule has 110 valence electrons. The van der Waals surface area contributed by atoms with Crippen molar-refractivity contribution >= 4 is 17.2 Å². The van der Waals surface area contributed by atoms with Crippen LogP contribution in [0.15, 0.2) is 18.5 Å². The number of carbonyl (C=O) groups is 1. The van der Waals surface area contributed by atoms with Crippen LogP contribution in [0.1, 0.15) is 22.3 Å². The molecule has 3 heterocycles. The molecule has 21 heavy (non-hydrogen) atoms. The maximum Gasteiger partial charge on any atom is 0.266 e. The Bertz CT molecular complexity index is 642. The van der Waals surface area contributed by atoms with E-state index in [0.29, 0.717) is 15.7 Å².